The van der Waals surface area contributed by atoms with Crippen LogP contribution < -0.4 is 5.73 Å². The van der Waals surface area contributed by atoms with Gasteiger partial charge in [-0.2, -0.15) is 0 Å². The van der Waals surface area contributed by atoms with Crippen molar-refractivity contribution in [3.63, 3.8) is 0 Å². The number of nitrogen functional groups attached to an aromatic ring is 1. The maximum Gasteiger partial charge on any atom is 0.228 e. The van der Waals surface area contributed by atoms with Crippen molar-refractivity contribution in [3.05, 3.63) is 34.3 Å². The summed E-state index contributed by atoms with van der Waals surface area (Å²) in [5.41, 5.74) is 8.04. The largest absolute Gasteiger partial charge is 0.398 e. The predicted molar refractivity (Wildman–Crippen MR) is 101 cm³/mol. The zero-order valence-corrected chi connectivity index (χ0v) is 15.4. The van der Waals surface area contributed by atoms with Gasteiger partial charge in [0.25, 0.3) is 0 Å². The first kappa shape index (κ1) is 18.1. The Morgan fingerprint density at radius 3 is 2.76 bits per heavy atom. The lowest BCUT2D eigenvalue weighted by Crippen LogP contribution is -2.49. The zero-order valence-electron chi connectivity index (χ0n) is 13.8. The molecule has 8 heteroatoms. The molecule has 1 saturated heterocycles. The van der Waals surface area contributed by atoms with E-state index in [9.17, 15) is 4.79 Å². The summed E-state index contributed by atoms with van der Waals surface area (Å²) in [5, 5.41) is 12.2. The Morgan fingerprint density at radius 2 is 2.08 bits per heavy atom. The highest BCUT2D eigenvalue weighted by Gasteiger charge is 2.21. The van der Waals surface area contributed by atoms with E-state index in [1.165, 1.54) is 11.3 Å². The summed E-state index contributed by atoms with van der Waals surface area (Å²) in [5.74, 6) is 0.0936. The lowest BCUT2D eigenvalue weighted by Gasteiger charge is -2.34. The average molecular weight is 381 g/mol. The molecule has 2 heterocycles. The molecule has 2 aromatic rings. The van der Waals surface area contributed by atoms with Crippen molar-refractivity contribution in [2.24, 2.45) is 0 Å². The van der Waals surface area contributed by atoms with Crippen molar-refractivity contribution in [3.8, 4) is 10.6 Å². The van der Waals surface area contributed by atoms with Crippen LogP contribution in [0.5, 0.6) is 0 Å². The summed E-state index contributed by atoms with van der Waals surface area (Å²) in [6.07, 6.45) is 0.305. The third-order valence-corrected chi connectivity index (χ3v) is 5.55. The van der Waals surface area contributed by atoms with Gasteiger partial charge >= 0.3 is 0 Å². The molecule has 3 rings (SSSR count). The van der Waals surface area contributed by atoms with Gasteiger partial charge in [-0.25, -0.2) is 4.98 Å². The molecule has 0 bridgehead atoms. The number of benzene rings is 1. The average Bonchev–Trinajstić information content (AvgIpc) is 3.07. The number of carbonyl (C=O) groups is 1. The summed E-state index contributed by atoms with van der Waals surface area (Å²) < 4.78 is 0. The monoisotopic (exact) mass is 380 g/mol. The number of halogens is 1. The van der Waals surface area contributed by atoms with Crippen LogP contribution in [0, 0.1) is 0 Å². The van der Waals surface area contributed by atoms with Gasteiger partial charge in [-0.3, -0.25) is 9.69 Å². The minimum Gasteiger partial charge on any atom is -0.398 e. The first-order valence-corrected chi connectivity index (χ1v) is 9.43. The Kier molecular flexibility index (Phi) is 5.90. The van der Waals surface area contributed by atoms with Crippen molar-refractivity contribution in [2.75, 3.05) is 45.1 Å². The summed E-state index contributed by atoms with van der Waals surface area (Å²) in [7, 11) is 0. The number of aromatic nitrogens is 1. The molecular formula is C17H21ClN4O2S. The number of aliphatic hydroxyl groups excluding tert-OH is 1. The van der Waals surface area contributed by atoms with Gasteiger partial charge in [0.05, 0.1) is 29.4 Å². The van der Waals surface area contributed by atoms with Crippen LogP contribution in [0.4, 0.5) is 5.69 Å². The normalized spacial score (nSPS) is 15.5. The number of β-amino-alcohol motifs (C(OH)–C–C–N with tert-alkyl or cyclic N) is 1. The SMILES string of the molecule is Nc1cc(-c2nc(CC(=O)N3CCN(CCO)CC3)cs2)ccc1Cl. The number of nitrogens with two attached hydrogens (primary N) is 1. The van der Waals surface area contributed by atoms with Crippen molar-refractivity contribution in [1.29, 1.82) is 0 Å². The van der Waals surface area contributed by atoms with Crippen molar-refractivity contribution in [2.45, 2.75) is 6.42 Å². The molecule has 0 aliphatic carbocycles. The van der Waals surface area contributed by atoms with Gasteiger partial charge in [-0.1, -0.05) is 17.7 Å². The van der Waals surface area contributed by atoms with E-state index in [-0.39, 0.29) is 12.5 Å². The van der Waals surface area contributed by atoms with E-state index < -0.39 is 0 Å². The summed E-state index contributed by atoms with van der Waals surface area (Å²) in [4.78, 5) is 21.1. The molecule has 0 radical (unpaired) electrons. The van der Waals surface area contributed by atoms with Gasteiger partial charge in [0.15, 0.2) is 0 Å². The third kappa shape index (κ3) is 4.49. The number of thiazole rings is 1. The quantitative estimate of drug-likeness (QED) is 0.772. The summed E-state index contributed by atoms with van der Waals surface area (Å²) >= 11 is 7.45. The fraction of sp³-hybridized carbons (Fsp3) is 0.412. The smallest absolute Gasteiger partial charge is 0.228 e. The second kappa shape index (κ2) is 8.14. The van der Waals surface area contributed by atoms with Gasteiger partial charge in [-0.15, -0.1) is 11.3 Å². The van der Waals surface area contributed by atoms with Gasteiger partial charge in [0.2, 0.25) is 5.91 Å². The second-order valence-electron chi connectivity index (χ2n) is 6.00. The lowest BCUT2D eigenvalue weighted by atomic mass is 10.2. The van der Waals surface area contributed by atoms with Crippen LogP contribution in [0.25, 0.3) is 10.6 Å². The number of anilines is 1. The highest BCUT2D eigenvalue weighted by atomic mass is 35.5. The van der Waals surface area contributed by atoms with Crippen molar-refractivity contribution in [1.82, 2.24) is 14.8 Å². The van der Waals surface area contributed by atoms with Gasteiger partial charge in [0.1, 0.15) is 5.01 Å². The van der Waals surface area contributed by atoms with Crippen LogP contribution >= 0.6 is 22.9 Å². The lowest BCUT2D eigenvalue weighted by molar-refractivity contribution is -0.132. The third-order valence-electron chi connectivity index (χ3n) is 4.27. The molecule has 1 aliphatic rings. The van der Waals surface area contributed by atoms with Crippen LogP contribution in [0.15, 0.2) is 23.6 Å². The number of aliphatic hydroxyl groups is 1. The highest BCUT2D eigenvalue weighted by molar-refractivity contribution is 7.13. The van der Waals surface area contributed by atoms with Crippen molar-refractivity contribution >= 4 is 34.5 Å². The van der Waals surface area contributed by atoms with Crippen LogP contribution in [0.3, 0.4) is 0 Å². The molecule has 0 atom stereocenters. The molecule has 0 unspecified atom stereocenters. The predicted octanol–water partition coefficient (Wildman–Crippen LogP) is 1.72. The molecule has 25 heavy (non-hydrogen) atoms. The van der Waals surface area contributed by atoms with E-state index in [0.717, 1.165) is 29.4 Å². The van der Waals surface area contributed by atoms with E-state index in [0.29, 0.717) is 36.8 Å². The molecule has 134 valence electrons. The maximum atomic E-state index is 12.5. The number of hydrogen-bond acceptors (Lipinski definition) is 6. The van der Waals surface area contributed by atoms with E-state index >= 15 is 0 Å². The summed E-state index contributed by atoms with van der Waals surface area (Å²) in [6.45, 7) is 3.83. The minimum atomic E-state index is 0.0936. The van der Waals surface area contributed by atoms with E-state index in [4.69, 9.17) is 22.4 Å². The van der Waals surface area contributed by atoms with Gasteiger partial charge in [-0.05, 0) is 12.1 Å². The molecule has 1 aromatic carbocycles. The van der Waals surface area contributed by atoms with Crippen LogP contribution in [0.1, 0.15) is 5.69 Å². The molecule has 0 spiro atoms. The Morgan fingerprint density at radius 1 is 1.32 bits per heavy atom. The van der Waals surface area contributed by atoms with Gasteiger partial charge < -0.3 is 15.7 Å². The van der Waals surface area contributed by atoms with E-state index in [2.05, 4.69) is 9.88 Å². The highest BCUT2D eigenvalue weighted by Crippen LogP contribution is 2.29. The van der Waals surface area contributed by atoms with E-state index in [1.807, 2.05) is 16.3 Å². The topological polar surface area (TPSA) is 82.7 Å². The number of amides is 1. The van der Waals surface area contributed by atoms with Crippen LogP contribution in [-0.2, 0) is 11.2 Å². The first-order valence-electron chi connectivity index (χ1n) is 8.17. The maximum absolute atomic E-state index is 12.5. The Hall–Kier alpha value is -1.67. The zero-order chi connectivity index (χ0) is 17.8. The summed E-state index contributed by atoms with van der Waals surface area (Å²) in [6, 6.07) is 5.43. The van der Waals surface area contributed by atoms with Gasteiger partial charge in [0, 0.05) is 43.7 Å². The molecule has 1 fully saturated rings. The number of carbonyl (C=O) groups excluding carboxylic acids is 1. The van der Waals surface area contributed by atoms with E-state index in [1.54, 1.807) is 12.1 Å². The molecule has 6 nitrogen and oxygen atoms in total. The Balaban J connectivity index is 1.59. The molecular weight excluding hydrogens is 360 g/mol. The van der Waals surface area contributed by atoms with Crippen LogP contribution in [-0.4, -0.2) is 65.1 Å². The standard InChI is InChI=1S/C17H21ClN4O2S/c18-14-2-1-12(9-15(14)19)17-20-13(11-25-17)10-16(24)22-5-3-21(4-6-22)7-8-23/h1-2,9,11,23H,3-8,10,19H2. The molecule has 3 N–H and O–H groups in total. The fourth-order valence-electron chi connectivity index (χ4n) is 2.83. The van der Waals surface area contributed by atoms with Crippen LogP contribution in [0.2, 0.25) is 5.02 Å². The number of nitrogens with zero attached hydrogens (tertiary/aromatic N) is 3. The fourth-order valence-corrected chi connectivity index (χ4v) is 3.76. The minimum absolute atomic E-state index is 0.0936. The number of rotatable bonds is 5. The molecule has 1 aliphatic heterocycles. The molecule has 1 amide bonds. The molecule has 0 saturated carbocycles. The number of hydrogen-bond donors (Lipinski definition) is 2. The Labute approximate surface area is 155 Å². The number of piperazine rings is 1. The Bertz CT molecular complexity index is 744. The van der Waals surface area contributed by atoms with Crippen molar-refractivity contribution < 1.29 is 9.90 Å². The first-order chi connectivity index (χ1) is 12.1. The second-order valence-corrected chi connectivity index (χ2v) is 7.27. The molecule has 1 aromatic heterocycles.